The molecule has 7 nitrogen and oxygen atoms in total. The number of hydrogen-bond donors (Lipinski definition) is 3. The van der Waals surface area contributed by atoms with Crippen LogP contribution in [0.3, 0.4) is 0 Å². The molecule has 1 aliphatic carbocycles. The molecule has 0 bridgehead atoms. The van der Waals surface area contributed by atoms with Crippen LogP contribution >= 0.6 is 0 Å². The molecule has 7 heteroatoms. The molecule has 0 aliphatic heterocycles. The molecule has 2 aromatic rings. The Morgan fingerprint density at radius 2 is 1.50 bits per heavy atom. The first kappa shape index (κ1) is 25.3. The van der Waals surface area contributed by atoms with Crippen molar-refractivity contribution in [2.75, 3.05) is 6.61 Å². The summed E-state index contributed by atoms with van der Waals surface area (Å²) in [6, 6.07) is 14.1. The van der Waals surface area contributed by atoms with Gasteiger partial charge in [0.25, 0.3) is 0 Å². The van der Waals surface area contributed by atoms with Gasteiger partial charge in [-0.15, -0.1) is 0 Å². The van der Waals surface area contributed by atoms with E-state index in [0.717, 1.165) is 22.3 Å². The summed E-state index contributed by atoms with van der Waals surface area (Å²) in [5.74, 6) is -2.00. The lowest BCUT2D eigenvalue weighted by molar-refractivity contribution is -0.144. The van der Waals surface area contributed by atoms with E-state index in [0.29, 0.717) is 6.42 Å². The number of fused-ring (bicyclic) bond motifs is 3. The van der Waals surface area contributed by atoms with E-state index >= 15 is 0 Å². The van der Waals surface area contributed by atoms with E-state index in [1.807, 2.05) is 43.3 Å². The molecule has 1 unspecified atom stereocenters. The maximum Gasteiger partial charge on any atom is 0.407 e. The van der Waals surface area contributed by atoms with Crippen LogP contribution in [0.4, 0.5) is 4.79 Å². The lowest BCUT2D eigenvalue weighted by Gasteiger charge is -2.32. The Hall–Kier alpha value is -3.35. The maximum atomic E-state index is 13.0. The highest BCUT2D eigenvalue weighted by molar-refractivity contribution is 5.90. The number of benzene rings is 2. The lowest BCUT2D eigenvalue weighted by Crippen LogP contribution is -2.57. The van der Waals surface area contributed by atoms with Gasteiger partial charge in [0, 0.05) is 5.92 Å². The Bertz CT molecular complexity index is 1010. The van der Waals surface area contributed by atoms with Crippen LogP contribution in [0.2, 0.25) is 0 Å². The Morgan fingerprint density at radius 1 is 0.971 bits per heavy atom. The summed E-state index contributed by atoms with van der Waals surface area (Å²) in [5.41, 5.74) is 3.79. The predicted molar refractivity (Wildman–Crippen MR) is 130 cm³/mol. The van der Waals surface area contributed by atoms with Crippen molar-refractivity contribution in [2.45, 2.75) is 59.0 Å². The van der Waals surface area contributed by atoms with Crippen molar-refractivity contribution in [3.8, 4) is 11.1 Å². The third-order valence-corrected chi connectivity index (χ3v) is 6.51. The fourth-order valence-corrected chi connectivity index (χ4v) is 4.35. The Labute approximate surface area is 200 Å². The molecule has 0 radical (unpaired) electrons. The number of carboxylic acid groups (broad SMARTS) is 1. The first-order valence-electron chi connectivity index (χ1n) is 11.7. The van der Waals surface area contributed by atoms with Crippen molar-refractivity contribution in [1.29, 1.82) is 0 Å². The van der Waals surface area contributed by atoms with Crippen molar-refractivity contribution in [2.24, 2.45) is 11.3 Å². The number of amides is 2. The summed E-state index contributed by atoms with van der Waals surface area (Å²) in [5, 5.41) is 14.8. The van der Waals surface area contributed by atoms with E-state index in [-0.39, 0.29) is 18.4 Å². The Balaban J connectivity index is 1.70. The zero-order valence-electron chi connectivity index (χ0n) is 20.4. The van der Waals surface area contributed by atoms with Gasteiger partial charge >= 0.3 is 12.1 Å². The van der Waals surface area contributed by atoms with E-state index < -0.39 is 35.5 Å². The first-order chi connectivity index (χ1) is 16.0. The molecule has 0 saturated heterocycles. The van der Waals surface area contributed by atoms with Crippen LogP contribution in [0, 0.1) is 11.3 Å². The smallest absolute Gasteiger partial charge is 0.407 e. The number of hydrogen-bond acceptors (Lipinski definition) is 4. The molecule has 182 valence electrons. The zero-order chi connectivity index (χ0) is 25.0. The first-order valence-corrected chi connectivity index (χ1v) is 11.7. The van der Waals surface area contributed by atoms with E-state index in [1.54, 1.807) is 27.7 Å². The average molecular weight is 467 g/mol. The van der Waals surface area contributed by atoms with E-state index in [4.69, 9.17) is 4.74 Å². The third-order valence-electron chi connectivity index (χ3n) is 6.51. The maximum absolute atomic E-state index is 13.0. The molecule has 1 aliphatic rings. The number of aliphatic carboxylic acids is 1. The fraction of sp³-hybridized carbons (Fsp3) is 0.444. The molecular weight excluding hydrogens is 432 g/mol. The van der Waals surface area contributed by atoms with Crippen LogP contribution in [-0.2, 0) is 14.3 Å². The van der Waals surface area contributed by atoms with Crippen molar-refractivity contribution >= 4 is 18.0 Å². The van der Waals surface area contributed by atoms with Crippen molar-refractivity contribution in [3.05, 3.63) is 59.7 Å². The summed E-state index contributed by atoms with van der Waals surface area (Å²) in [4.78, 5) is 37.4. The topological polar surface area (TPSA) is 105 Å². The highest BCUT2D eigenvalue weighted by atomic mass is 16.5. The molecule has 0 saturated carbocycles. The van der Waals surface area contributed by atoms with Gasteiger partial charge in [-0.3, -0.25) is 4.79 Å². The van der Waals surface area contributed by atoms with Gasteiger partial charge in [0.15, 0.2) is 0 Å². The lowest BCUT2D eigenvalue weighted by atomic mass is 9.85. The number of carboxylic acids is 1. The number of carbonyl (C=O) groups excluding carboxylic acids is 2. The normalized spacial score (nSPS) is 15.4. The molecule has 0 fully saturated rings. The van der Waals surface area contributed by atoms with Crippen LogP contribution in [0.25, 0.3) is 11.1 Å². The second-order valence-electron chi connectivity index (χ2n) is 9.98. The quantitative estimate of drug-likeness (QED) is 0.529. The van der Waals surface area contributed by atoms with E-state index in [2.05, 4.69) is 22.8 Å². The minimum Gasteiger partial charge on any atom is -0.480 e. The number of alkyl carbamates (subject to hydrolysis) is 1. The molecule has 0 aromatic heterocycles. The highest BCUT2D eigenvalue weighted by Crippen LogP contribution is 2.44. The van der Waals surface area contributed by atoms with Crippen molar-refractivity contribution in [3.63, 3.8) is 0 Å². The summed E-state index contributed by atoms with van der Waals surface area (Å²) in [6.45, 7) is 9.18. The summed E-state index contributed by atoms with van der Waals surface area (Å²) in [7, 11) is 0. The second-order valence-corrected chi connectivity index (χ2v) is 9.98. The van der Waals surface area contributed by atoms with Gasteiger partial charge < -0.3 is 20.5 Å². The van der Waals surface area contributed by atoms with Crippen molar-refractivity contribution < 1.29 is 24.2 Å². The third kappa shape index (κ3) is 5.41. The van der Waals surface area contributed by atoms with Gasteiger partial charge in [0.1, 0.15) is 18.7 Å². The van der Waals surface area contributed by atoms with E-state index in [9.17, 15) is 19.5 Å². The van der Waals surface area contributed by atoms with Crippen LogP contribution < -0.4 is 10.6 Å². The molecule has 3 rings (SSSR count). The molecule has 0 spiro atoms. The molecule has 3 N–H and O–H groups in total. The predicted octanol–water partition coefficient (Wildman–Crippen LogP) is 4.56. The minimum atomic E-state index is -1.10. The van der Waals surface area contributed by atoms with Gasteiger partial charge in [0.2, 0.25) is 5.91 Å². The van der Waals surface area contributed by atoms with Crippen LogP contribution in [-0.4, -0.2) is 41.8 Å². The standard InChI is InChI=1S/C27H34N2O5/c1-6-16(2)22(25(31)32)28-24(30)23(27(3,4)5)29-26(33)34-15-21-19-13-9-7-11-17(19)18-12-8-10-14-20(18)21/h7-14,16,21-23H,6,15H2,1-5H3,(H,28,30)(H,29,33)(H,31,32)/t16-,22-,23?/m0/s1. The Kier molecular flexibility index (Phi) is 7.64. The number of rotatable bonds is 8. The summed E-state index contributed by atoms with van der Waals surface area (Å²) < 4.78 is 5.59. The molecular formula is C27H34N2O5. The number of nitrogens with one attached hydrogen (secondary N) is 2. The summed E-state index contributed by atoms with van der Waals surface area (Å²) >= 11 is 0. The molecule has 2 amide bonds. The van der Waals surface area contributed by atoms with Crippen LogP contribution in [0.15, 0.2) is 48.5 Å². The monoisotopic (exact) mass is 466 g/mol. The molecule has 3 atom stereocenters. The van der Waals surface area contributed by atoms with Gasteiger partial charge in [-0.2, -0.15) is 0 Å². The van der Waals surface area contributed by atoms with Crippen LogP contribution in [0.1, 0.15) is 58.1 Å². The fourth-order valence-electron chi connectivity index (χ4n) is 4.35. The summed E-state index contributed by atoms with van der Waals surface area (Å²) in [6.07, 6.45) is -0.121. The molecule has 34 heavy (non-hydrogen) atoms. The second kappa shape index (κ2) is 10.3. The van der Waals surface area contributed by atoms with Gasteiger partial charge in [-0.05, 0) is 33.6 Å². The van der Waals surface area contributed by atoms with Gasteiger partial charge in [-0.1, -0.05) is 89.6 Å². The van der Waals surface area contributed by atoms with Gasteiger partial charge in [0.05, 0.1) is 0 Å². The SMILES string of the molecule is CC[C@H](C)[C@H](NC(=O)C(NC(=O)OCC1c2ccccc2-c2ccccc21)C(C)(C)C)C(=O)O. The molecule has 2 aromatic carbocycles. The van der Waals surface area contributed by atoms with Gasteiger partial charge in [-0.25, -0.2) is 9.59 Å². The van der Waals surface area contributed by atoms with Crippen molar-refractivity contribution in [1.82, 2.24) is 10.6 Å². The average Bonchev–Trinajstić information content (AvgIpc) is 3.11. The number of ether oxygens (including phenoxy) is 1. The minimum absolute atomic E-state index is 0.0955. The number of carbonyl (C=O) groups is 3. The van der Waals surface area contributed by atoms with Crippen LogP contribution in [0.5, 0.6) is 0 Å². The zero-order valence-corrected chi connectivity index (χ0v) is 20.4. The highest BCUT2D eigenvalue weighted by Gasteiger charge is 2.37. The largest absolute Gasteiger partial charge is 0.480 e. The Morgan fingerprint density at radius 3 is 1.97 bits per heavy atom. The molecule has 0 heterocycles. The van der Waals surface area contributed by atoms with E-state index in [1.165, 1.54) is 0 Å².